The number of carbonyl (C=O) groups is 3. The second kappa shape index (κ2) is 7.85. The fourth-order valence-corrected chi connectivity index (χ4v) is 2.79. The zero-order chi connectivity index (χ0) is 16.8. The number of rotatable bonds is 6. The predicted molar refractivity (Wildman–Crippen MR) is 81.5 cm³/mol. The van der Waals surface area contributed by atoms with E-state index in [-0.39, 0.29) is 36.5 Å². The maximum absolute atomic E-state index is 12.8. The molecule has 0 radical (unpaired) electrons. The lowest BCUT2D eigenvalue weighted by molar-refractivity contribution is -0.142. The van der Waals surface area contributed by atoms with Crippen molar-refractivity contribution in [3.8, 4) is 0 Å². The van der Waals surface area contributed by atoms with Crippen LogP contribution in [0, 0.1) is 11.7 Å². The predicted octanol–water partition coefficient (Wildman–Crippen LogP) is 2.55. The van der Waals surface area contributed by atoms with Gasteiger partial charge in [0.1, 0.15) is 5.82 Å². The first kappa shape index (κ1) is 17.1. The number of halogens is 1. The van der Waals surface area contributed by atoms with Crippen molar-refractivity contribution < 1.29 is 23.9 Å². The molecule has 0 spiro atoms. The van der Waals surface area contributed by atoms with Gasteiger partial charge in [-0.15, -0.1) is 0 Å². The third-order valence-electron chi connectivity index (χ3n) is 4.19. The number of Topliss-reactive ketones (excluding diaryl/α,β-unsaturated/α-hetero) is 1. The Hall–Kier alpha value is -2.24. The number of carbonyl (C=O) groups excluding carboxylic acids is 2. The number of carboxylic acids is 1. The molecule has 1 aromatic rings. The number of nitrogens with one attached hydrogen (secondary N) is 1. The summed E-state index contributed by atoms with van der Waals surface area (Å²) in [6.45, 7) is 0. The van der Waals surface area contributed by atoms with Crippen LogP contribution in [0.3, 0.4) is 0 Å². The minimum Gasteiger partial charge on any atom is -0.481 e. The van der Waals surface area contributed by atoms with Crippen LogP contribution in [0.2, 0.25) is 0 Å². The molecule has 0 aromatic heterocycles. The highest BCUT2D eigenvalue weighted by molar-refractivity contribution is 5.97. The quantitative estimate of drug-likeness (QED) is 0.789. The Morgan fingerprint density at radius 3 is 2.22 bits per heavy atom. The summed E-state index contributed by atoms with van der Waals surface area (Å²) in [5.41, 5.74) is 0.390. The average molecular weight is 321 g/mol. The molecule has 6 heteroatoms. The molecule has 0 bridgehead atoms. The first-order valence-electron chi connectivity index (χ1n) is 7.76. The van der Waals surface area contributed by atoms with Gasteiger partial charge in [-0.3, -0.25) is 14.4 Å². The minimum atomic E-state index is -0.778. The van der Waals surface area contributed by atoms with Crippen LogP contribution in [-0.4, -0.2) is 28.8 Å². The third kappa shape index (κ3) is 5.16. The maximum atomic E-state index is 12.8. The Balaban J connectivity index is 1.72. The van der Waals surface area contributed by atoms with E-state index in [1.165, 1.54) is 24.3 Å². The van der Waals surface area contributed by atoms with Crippen LogP contribution in [0.4, 0.5) is 4.39 Å². The third-order valence-corrected chi connectivity index (χ3v) is 4.19. The molecule has 0 saturated heterocycles. The molecule has 1 aromatic carbocycles. The SMILES string of the molecule is O=C(CCC(=O)c1ccc(F)cc1)NC1CCC(C(=O)O)CC1. The number of amides is 1. The van der Waals surface area contributed by atoms with Crippen LogP contribution in [0.15, 0.2) is 24.3 Å². The summed E-state index contributed by atoms with van der Waals surface area (Å²) >= 11 is 0. The molecule has 0 unspecified atom stereocenters. The van der Waals surface area contributed by atoms with Crippen molar-refractivity contribution in [2.24, 2.45) is 5.92 Å². The molecule has 124 valence electrons. The molecule has 0 heterocycles. The summed E-state index contributed by atoms with van der Waals surface area (Å²) < 4.78 is 12.8. The van der Waals surface area contributed by atoms with Gasteiger partial charge in [-0.05, 0) is 49.9 Å². The highest BCUT2D eigenvalue weighted by atomic mass is 19.1. The molecule has 2 N–H and O–H groups in total. The van der Waals surface area contributed by atoms with E-state index in [0.717, 1.165) is 0 Å². The molecule has 1 saturated carbocycles. The molecule has 23 heavy (non-hydrogen) atoms. The number of benzene rings is 1. The van der Waals surface area contributed by atoms with Crippen molar-refractivity contribution in [3.63, 3.8) is 0 Å². The van der Waals surface area contributed by atoms with Gasteiger partial charge in [-0.1, -0.05) is 0 Å². The number of aliphatic carboxylic acids is 1. The number of hydrogen-bond acceptors (Lipinski definition) is 3. The summed E-state index contributed by atoms with van der Waals surface area (Å²) in [5.74, 6) is -1.91. The second-order valence-corrected chi connectivity index (χ2v) is 5.88. The van der Waals surface area contributed by atoms with Crippen LogP contribution < -0.4 is 5.32 Å². The lowest BCUT2D eigenvalue weighted by Crippen LogP contribution is -2.38. The monoisotopic (exact) mass is 321 g/mol. The van der Waals surface area contributed by atoms with Crippen molar-refractivity contribution in [3.05, 3.63) is 35.6 Å². The smallest absolute Gasteiger partial charge is 0.306 e. The Morgan fingerprint density at radius 1 is 1.04 bits per heavy atom. The van der Waals surface area contributed by atoms with E-state index >= 15 is 0 Å². The number of hydrogen-bond donors (Lipinski definition) is 2. The highest BCUT2D eigenvalue weighted by Gasteiger charge is 2.26. The van der Waals surface area contributed by atoms with E-state index in [0.29, 0.717) is 31.2 Å². The molecule has 1 fully saturated rings. The number of ketones is 1. The van der Waals surface area contributed by atoms with Gasteiger partial charge in [0.25, 0.3) is 0 Å². The Kier molecular flexibility index (Phi) is 5.84. The normalized spacial score (nSPS) is 20.7. The van der Waals surface area contributed by atoms with E-state index < -0.39 is 11.8 Å². The van der Waals surface area contributed by atoms with Crippen LogP contribution in [0.1, 0.15) is 48.9 Å². The van der Waals surface area contributed by atoms with E-state index in [2.05, 4.69) is 5.32 Å². The van der Waals surface area contributed by atoms with Crippen LogP contribution in [0.25, 0.3) is 0 Å². The maximum Gasteiger partial charge on any atom is 0.306 e. The molecule has 1 aliphatic rings. The first-order chi connectivity index (χ1) is 11.0. The molecule has 1 aliphatic carbocycles. The topological polar surface area (TPSA) is 83.5 Å². The summed E-state index contributed by atoms with van der Waals surface area (Å²) in [6.07, 6.45) is 2.57. The second-order valence-electron chi connectivity index (χ2n) is 5.88. The van der Waals surface area contributed by atoms with Gasteiger partial charge in [-0.25, -0.2) is 4.39 Å². The fraction of sp³-hybridized carbons (Fsp3) is 0.471. The van der Waals surface area contributed by atoms with Crippen LogP contribution >= 0.6 is 0 Å². The van der Waals surface area contributed by atoms with Gasteiger partial charge < -0.3 is 10.4 Å². The lowest BCUT2D eigenvalue weighted by Gasteiger charge is -2.26. The lowest BCUT2D eigenvalue weighted by atomic mass is 9.86. The van der Waals surface area contributed by atoms with Gasteiger partial charge in [0.05, 0.1) is 5.92 Å². The van der Waals surface area contributed by atoms with Gasteiger partial charge in [0.15, 0.2) is 5.78 Å². The summed E-state index contributed by atoms with van der Waals surface area (Å²) in [7, 11) is 0. The average Bonchev–Trinajstić information content (AvgIpc) is 2.54. The zero-order valence-corrected chi connectivity index (χ0v) is 12.8. The zero-order valence-electron chi connectivity index (χ0n) is 12.8. The van der Waals surface area contributed by atoms with Gasteiger partial charge in [0.2, 0.25) is 5.91 Å². The van der Waals surface area contributed by atoms with Gasteiger partial charge in [0, 0.05) is 24.4 Å². The largest absolute Gasteiger partial charge is 0.481 e. The van der Waals surface area contributed by atoms with Gasteiger partial charge >= 0.3 is 5.97 Å². The minimum absolute atomic E-state index is 0.0148. The van der Waals surface area contributed by atoms with Crippen LogP contribution in [0.5, 0.6) is 0 Å². The molecule has 0 atom stereocenters. The number of carboxylic acid groups (broad SMARTS) is 1. The Bertz CT molecular complexity index is 577. The molecular weight excluding hydrogens is 301 g/mol. The molecule has 0 aliphatic heterocycles. The van der Waals surface area contributed by atoms with Crippen molar-refractivity contribution in [2.45, 2.75) is 44.6 Å². The van der Waals surface area contributed by atoms with Gasteiger partial charge in [-0.2, -0.15) is 0 Å². The molecule has 2 rings (SSSR count). The summed E-state index contributed by atoms with van der Waals surface area (Å²) in [4.78, 5) is 34.6. The van der Waals surface area contributed by atoms with Crippen molar-refractivity contribution in [1.82, 2.24) is 5.32 Å². The Morgan fingerprint density at radius 2 is 1.65 bits per heavy atom. The van der Waals surface area contributed by atoms with E-state index in [1.54, 1.807) is 0 Å². The standard InChI is InChI=1S/C17H20FNO4/c18-13-5-1-11(2-6-13)15(20)9-10-16(21)19-14-7-3-12(4-8-14)17(22)23/h1-2,5-6,12,14H,3-4,7-10H2,(H,19,21)(H,22,23). The van der Waals surface area contributed by atoms with Crippen molar-refractivity contribution in [1.29, 1.82) is 0 Å². The Labute approximate surface area is 133 Å². The van der Waals surface area contributed by atoms with Crippen molar-refractivity contribution in [2.75, 3.05) is 0 Å². The fourth-order valence-electron chi connectivity index (χ4n) is 2.79. The van der Waals surface area contributed by atoms with Crippen LogP contribution in [-0.2, 0) is 9.59 Å². The molecule has 5 nitrogen and oxygen atoms in total. The summed E-state index contributed by atoms with van der Waals surface area (Å²) in [6, 6.07) is 5.23. The highest BCUT2D eigenvalue weighted by Crippen LogP contribution is 2.24. The summed E-state index contributed by atoms with van der Waals surface area (Å²) in [5, 5.41) is 11.8. The molecular formula is C17H20FNO4. The van der Waals surface area contributed by atoms with E-state index in [9.17, 15) is 18.8 Å². The molecule has 1 amide bonds. The van der Waals surface area contributed by atoms with E-state index in [1.807, 2.05) is 0 Å². The van der Waals surface area contributed by atoms with Crippen molar-refractivity contribution >= 4 is 17.7 Å². The first-order valence-corrected chi connectivity index (χ1v) is 7.76. The van der Waals surface area contributed by atoms with E-state index in [4.69, 9.17) is 5.11 Å².